The quantitative estimate of drug-likeness (QED) is 0.780. The summed E-state index contributed by atoms with van der Waals surface area (Å²) in [5, 5.41) is 3.99. The lowest BCUT2D eigenvalue weighted by molar-refractivity contribution is 0.827. The molecule has 0 fully saturated rings. The Hall–Kier alpha value is -1.18. The Balaban J connectivity index is 2.66. The third-order valence-electron chi connectivity index (χ3n) is 1.50. The second-order valence-corrected chi connectivity index (χ2v) is 3.40. The van der Waals surface area contributed by atoms with E-state index in [0.717, 1.165) is 0 Å². The van der Waals surface area contributed by atoms with E-state index >= 15 is 0 Å². The Morgan fingerprint density at radius 2 is 2.38 bits per heavy atom. The van der Waals surface area contributed by atoms with Crippen molar-refractivity contribution in [3.63, 3.8) is 0 Å². The number of hydrogen-bond acceptors (Lipinski definition) is 3. The van der Waals surface area contributed by atoms with E-state index in [1.54, 1.807) is 23.1 Å². The Morgan fingerprint density at radius 3 is 3.08 bits per heavy atom. The molecule has 5 nitrogen and oxygen atoms in total. The first-order valence-electron chi connectivity index (χ1n) is 3.52. The first-order chi connectivity index (χ1) is 6.29. The predicted molar refractivity (Wildman–Crippen MR) is 54.7 cm³/mol. The molecule has 0 spiro atoms. The monoisotopic (exact) mass is 288 g/mol. The molecule has 1 N–H and O–H groups in total. The second-order valence-electron chi connectivity index (χ2n) is 2.32. The van der Waals surface area contributed by atoms with E-state index in [4.69, 9.17) is 0 Å². The maximum atomic E-state index is 11.2. The number of rotatable bonds is 1. The van der Waals surface area contributed by atoms with Crippen LogP contribution in [-0.4, -0.2) is 19.7 Å². The van der Waals surface area contributed by atoms with Gasteiger partial charge in [0, 0.05) is 12.4 Å². The number of H-pyrrole nitrogens is 1. The molecule has 2 aromatic heterocycles. The van der Waals surface area contributed by atoms with Crippen LogP contribution in [0.15, 0.2) is 29.6 Å². The van der Waals surface area contributed by atoms with Crippen LogP contribution in [0.1, 0.15) is 0 Å². The third kappa shape index (κ3) is 1.48. The molecule has 66 valence electrons. The van der Waals surface area contributed by atoms with Crippen LogP contribution in [0.25, 0.3) is 5.82 Å². The fourth-order valence-corrected chi connectivity index (χ4v) is 1.47. The van der Waals surface area contributed by atoms with Gasteiger partial charge in [0.2, 0.25) is 0 Å². The molecule has 2 aromatic rings. The first-order valence-corrected chi connectivity index (χ1v) is 4.60. The molecule has 0 atom stereocenters. The Morgan fingerprint density at radius 1 is 1.54 bits per heavy atom. The summed E-state index contributed by atoms with van der Waals surface area (Å²) in [5.41, 5.74) is -0.152. The van der Waals surface area contributed by atoms with Gasteiger partial charge in [-0.2, -0.15) is 5.10 Å². The zero-order valence-electron chi connectivity index (χ0n) is 6.44. The summed E-state index contributed by atoms with van der Waals surface area (Å²) in [4.78, 5) is 17.7. The summed E-state index contributed by atoms with van der Waals surface area (Å²) in [7, 11) is 0. The van der Waals surface area contributed by atoms with Crippen molar-refractivity contribution in [2.24, 2.45) is 0 Å². The van der Waals surface area contributed by atoms with Gasteiger partial charge in [-0.1, -0.05) is 0 Å². The highest BCUT2D eigenvalue weighted by Crippen LogP contribution is 2.06. The maximum absolute atomic E-state index is 11.2. The molecule has 2 rings (SSSR count). The number of aromatic nitrogens is 4. The molecule has 2 heterocycles. The smallest absolute Gasteiger partial charge is 0.266 e. The maximum Gasteiger partial charge on any atom is 0.266 e. The molecular formula is C7H5IN4O. The SMILES string of the molecule is O=c1[nH]cnc(-n2cccn2)c1I. The van der Waals surface area contributed by atoms with Gasteiger partial charge in [-0.3, -0.25) is 4.79 Å². The highest BCUT2D eigenvalue weighted by molar-refractivity contribution is 14.1. The summed E-state index contributed by atoms with van der Waals surface area (Å²) >= 11 is 1.94. The summed E-state index contributed by atoms with van der Waals surface area (Å²) in [6.45, 7) is 0. The molecule has 0 aromatic carbocycles. The Kier molecular flexibility index (Phi) is 2.13. The fraction of sp³-hybridized carbons (Fsp3) is 0. The molecule has 0 radical (unpaired) electrons. The molecule has 0 aliphatic rings. The van der Waals surface area contributed by atoms with Gasteiger partial charge in [0.15, 0.2) is 5.82 Å². The van der Waals surface area contributed by atoms with Gasteiger partial charge in [0.25, 0.3) is 5.56 Å². The van der Waals surface area contributed by atoms with E-state index in [-0.39, 0.29) is 5.56 Å². The van der Waals surface area contributed by atoms with E-state index in [1.165, 1.54) is 6.33 Å². The minimum Gasteiger partial charge on any atom is -0.312 e. The topological polar surface area (TPSA) is 63.6 Å². The summed E-state index contributed by atoms with van der Waals surface area (Å²) in [6, 6.07) is 1.78. The van der Waals surface area contributed by atoms with Crippen molar-refractivity contribution in [3.05, 3.63) is 38.7 Å². The molecule has 0 aliphatic heterocycles. The summed E-state index contributed by atoms with van der Waals surface area (Å²) in [5.74, 6) is 0.550. The van der Waals surface area contributed by atoms with E-state index in [2.05, 4.69) is 15.1 Å². The minimum absolute atomic E-state index is 0.152. The molecule has 13 heavy (non-hydrogen) atoms. The Labute approximate surface area is 87.0 Å². The molecule has 0 bridgehead atoms. The van der Waals surface area contributed by atoms with Crippen LogP contribution in [0.2, 0.25) is 0 Å². The number of halogens is 1. The van der Waals surface area contributed by atoms with Crippen LogP contribution < -0.4 is 5.56 Å². The zero-order chi connectivity index (χ0) is 9.26. The van der Waals surface area contributed by atoms with Gasteiger partial charge in [0.1, 0.15) is 3.57 Å². The lowest BCUT2D eigenvalue weighted by Gasteiger charge is -2.00. The van der Waals surface area contributed by atoms with Crippen LogP contribution in [0.4, 0.5) is 0 Å². The molecule has 0 aliphatic carbocycles. The standard InChI is InChI=1S/C7H5IN4O/c8-5-6(9-4-10-7(5)13)12-3-1-2-11-12/h1-4H,(H,9,10,13). The van der Waals surface area contributed by atoms with Gasteiger partial charge >= 0.3 is 0 Å². The van der Waals surface area contributed by atoms with Crippen molar-refractivity contribution in [2.45, 2.75) is 0 Å². The highest BCUT2D eigenvalue weighted by atomic mass is 127. The molecule has 0 unspecified atom stereocenters. The third-order valence-corrected chi connectivity index (χ3v) is 2.47. The molecule has 0 saturated heterocycles. The number of nitrogens with one attached hydrogen (secondary N) is 1. The fourth-order valence-electron chi connectivity index (χ4n) is 0.927. The second kappa shape index (κ2) is 3.29. The van der Waals surface area contributed by atoms with Gasteiger partial charge in [-0.05, 0) is 28.7 Å². The van der Waals surface area contributed by atoms with E-state index in [9.17, 15) is 4.79 Å². The minimum atomic E-state index is -0.152. The largest absolute Gasteiger partial charge is 0.312 e. The molecule has 0 saturated carbocycles. The van der Waals surface area contributed by atoms with E-state index in [0.29, 0.717) is 9.39 Å². The molecule has 6 heteroatoms. The van der Waals surface area contributed by atoms with Crippen LogP contribution in [0.3, 0.4) is 0 Å². The lowest BCUT2D eigenvalue weighted by Crippen LogP contribution is -2.15. The molecular weight excluding hydrogens is 283 g/mol. The van der Waals surface area contributed by atoms with Crippen LogP contribution in [-0.2, 0) is 0 Å². The van der Waals surface area contributed by atoms with Crippen molar-refractivity contribution in [1.82, 2.24) is 19.7 Å². The highest BCUT2D eigenvalue weighted by Gasteiger charge is 2.06. The van der Waals surface area contributed by atoms with Crippen LogP contribution in [0.5, 0.6) is 0 Å². The number of hydrogen-bond donors (Lipinski definition) is 1. The summed E-state index contributed by atoms with van der Waals surface area (Å²) < 4.78 is 2.08. The van der Waals surface area contributed by atoms with Crippen molar-refractivity contribution >= 4 is 22.6 Å². The van der Waals surface area contributed by atoms with Crippen molar-refractivity contribution in [3.8, 4) is 5.82 Å². The molecule has 0 amide bonds. The summed E-state index contributed by atoms with van der Waals surface area (Å²) in [6.07, 6.45) is 4.74. The van der Waals surface area contributed by atoms with Crippen molar-refractivity contribution < 1.29 is 0 Å². The first kappa shape index (κ1) is 8.42. The van der Waals surface area contributed by atoms with E-state index < -0.39 is 0 Å². The zero-order valence-corrected chi connectivity index (χ0v) is 8.59. The van der Waals surface area contributed by atoms with Crippen LogP contribution >= 0.6 is 22.6 Å². The van der Waals surface area contributed by atoms with Crippen molar-refractivity contribution in [2.75, 3.05) is 0 Å². The van der Waals surface area contributed by atoms with Crippen LogP contribution in [0, 0.1) is 3.57 Å². The van der Waals surface area contributed by atoms with Gasteiger partial charge in [-0.25, -0.2) is 9.67 Å². The number of aromatic amines is 1. The van der Waals surface area contributed by atoms with Gasteiger partial charge < -0.3 is 4.98 Å². The van der Waals surface area contributed by atoms with E-state index in [1.807, 2.05) is 22.6 Å². The Bertz CT molecular complexity index is 462. The predicted octanol–water partition coefficient (Wildman–Crippen LogP) is 0.560. The average molecular weight is 288 g/mol. The normalized spacial score (nSPS) is 10.2. The lowest BCUT2D eigenvalue weighted by atomic mass is 10.6. The van der Waals surface area contributed by atoms with Crippen molar-refractivity contribution in [1.29, 1.82) is 0 Å². The average Bonchev–Trinajstić information content (AvgIpc) is 2.62. The number of nitrogens with zero attached hydrogens (tertiary/aromatic N) is 3. The van der Waals surface area contributed by atoms with Gasteiger partial charge in [-0.15, -0.1) is 0 Å². The van der Waals surface area contributed by atoms with Gasteiger partial charge in [0.05, 0.1) is 6.33 Å².